The van der Waals surface area contributed by atoms with Crippen LogP contribution in [0.4, 0.5) is 0 Å². The maximum Gasteiger partial charge on any atom is 4.00 e. The van der Waals surface area contributed by atoms with Crippen LogP contribution in [0.25, 0.3) is 0 Å². The summed E-state index contributed by atoms with van der Waals surface area (Å²) in [6.07, 6.45) is 2.28. The van der Waals surface area contributed by atoms with Crippen LogP contribution in [0.15, 0.2) is 0 Å². The molecule has 10 heavy (non-hydrogen) atoms. The Hall–Kier alpha value is 0.824. The van der Waals surface area contributed by atoms with Gasteiger partial charge < -0.3 is 26.2 Å². The van der Waals surface area contributed by atoms with Crippen molar-refractivity contribution in [2.45, 2.75) is 19.8 Å². The van der Waals surface area contributed by atoms with E-state index in [1.54, 1.807) is 0 Å². The fourth-order valence-electron chi connectivity index (χ4n) is 0. The van der Waals surface area contributed by atoms with Crippen molar-refractivity contribution in [3.63, 3.8) is 0 Å². The second-order valence-electron chi connectivity index (χ2n) is 1.30. The standard InChI is InChI=1S/C4H9.H3O4P.Ti/c1-3-4-2;1-5(2,3)4;/h1,3-4H2,2H3;(H3,1,2,3,4);/q-1;;+4/p-3. The molecule has 0 unspecified atom stereocenters. The molecule has 0 saturated heterocycles. The first-order valence-electron chi connectivity index (χ1n) is 2.44. The number of rotatable bonds is 1. The summed E-state index contributed by atoms with van der Waals surface area (Å²) in [5.41, 5.74) is 0. The average Bonchev–Trinajstić information content (AvgIpc) is 1.61. The third-order valence-electron chi connectivity index (χ3n) is 0.354. The molecule has 0 bridgehead atoms. The van der Waals surface area contributed by atoms with Gasteiger partial charge in [0.25, 0.3) is 0 Å². The van der Waals surface area contributed by atoms with E-state index in [2.05, 4.69) is 13.8 Å². The minimum Gasteiger partial charge on any atom is -0.822 e. The molecule has 0 aromatic carbocycles. The Balaban J connectivity index is -0.0000000910. The molecule has 0 amide bonds. The quantitative estimate of drug-likeness (QED) is 0.302. The fourth-order valence-corrected chi connectivity index (χ4v) is 0. The van der Waals surface area contributed by atoms with Gasteiger partial charge in [-0.25, -0.2) is 0 Å². The van der Waals surface area contributed by atoms with Crippen molar-refractivity contribution in [1.82, 2.24) is 0 Å². The molecular formula is C4H9O4PTi. The van der Waals surface area contributed by atoms with E-state index in [-0.39, 0.29) is 21.7 Å². The molecule has 0 saturated carbocycles. The van der Waals surface area contributed by atoms with Crippen LogP contribution in [0.3, 0.4) is 0 Å². The Morgan fingerprint density at radius 3 is 1.50 bits per heavy atom. The minimum absolute atomic E-state index is 0. The Morgan fingerprint density at radius 1 is 1.40 bits per heavy atom. The van der Waals surface area contributed by atoms with Crippen molar-refractivity contribution in [2.75, 3.05) is 0 Å². The molecule has 6 heteroatoms. The zero-order valence-corrected chi connectivity index (χ0v) is 8.16. The summed E-state index contributed by atoms with van der Waals surface area (Å²) in [5, 5.41) is 0. The summed E-state index contributed by atoms with van der Waals surface area (Å²) in [6.45, 7) is 5.72. The molecule has 0 aromatic rings. The number of unbranched alkanes of at least 4 members (excludes halogenated alkanes) is 1. The number of hydrogen-bond acceptors (Lipinski definition) is 4. The van der Waals surface area contributed by atoms with Crippen LogP contribution in [-0.4, -0.2) is 0 Å². The average molecular weight is 200 g/mol. The first-order valence-corrected chi connectivity index (χ1v) is 3.90. The van der Waals surface area contributed by atoms with Gasteiger partial charge in [-0.3, -0.25) is 0 Å². The maximum atomic E-state index is 8.55. The summed E-state index contributed by atoms with van der Waals surface area (Å²) in [5.74, 6) is 0. The summed E-state index contributed by atoms with van der Waals surface area (Å²) >= 11 is 0. The number of hydrogen-bond donors (Lipinski definition) is 0. The van der Waals surface area contributed by atoms with Gasteiger partial charge in [0.15, 0.2) is 0 Å². The van der Waals surface area contributed by atoms with Crippen LogP contribution in [0.5, 0.6) is 0 Å². The molecule has 4 nitrogen and oxygen atoms in total. The smallest absolute Gasteiger partial charge is 0.822 e. The fraction of sp³-hybridized carbons (Fsp3) is 0.750. The van der Waals surface area contributed by atoms with Crippen LogP contribution >= 0.6 is 7.82 Å². The van der Waals surface area contributed by atoms with Gasteiger partial charge in [-0.15, -0.1) is 0 Å². The van der Waals surface area contributed by atoms with E-state index in [1.165, 1.54) is 6.42 Å². The number of phosphoric acid groups is 1. The van der Waals surface area contributed by atoms with E-state index in [0.717, 1.165) is 6.42 Å². The predicted molar refractivity (Wildman–Crippen MR) is 27.9 cm³/mol. The summed E-state index contributed by atoms with van der Waals surface area (Å²) in [7, 11) is -5.39. The normalized spacial score (nSPS) is 8.90. The molecule has 0 N–H and O–H groups in total. The first-order chi connectivity index (χ1) is 3.91. The van der Waals surface area contributed by atoms with Gasteiger partial charge in [-0.2, -0.15) is 14.2 Å². The van der Waals surface area contributed by atoms with Gasteiger partial charge in [0.2, 0.25) is 0 Å². The van der Waals surface area contributed by atoms with Crippen LogP contribution in [-0.2, 0) is 26.3 Å². The van der Waals surface area contributed by atoms with Gasteiger partial charge >= 0.3 is 21.7 Å². The van der Waals surface area contributed by atoms with Gasteiger partial charge in [0.05, 0.1) is 0 Å². The zero-order chi connectivity index (χ0) is 7.91. The molecule has 0 rings (SSSR count). The Kier molecular flexibility index (Phi) is 16.8. The van der Waals surface area contributed by atoms with E-state index in [1.807, 2.05) is 0 Å². The van der Waals surface area contributed by atoms with Crippen molar-refractivity contribution in [3.8, 4) is 0 Å². The van der Waals surface area contributed by atoms with Crippen molar-refractivity contribution in [2.24, 2.45) is 0 Å². The Morgan fingerprint density at radius 2 is 1.50 bits per heavy atom. The minimum atomic E-state index is -5.39. The Bertz CT molecular complexity index is 81.0. The van der Waals surface area contributed by atoms with Gasteiger partial charge in [-0.05, 0) is 0 Å². The van der Waals surface area contributed by atoms with Gasteiger partial charge in [0, 0.05) is 0 Å². The van der Waals surface area contributed by atoms with E-state index < -0.39 is 7.82 Å². The van der Waals surface area contributed by atoms with Crippen molar-refractivity contribution < 1.29 is 41.0 Å². The maximum absolute atomic E-state index is 8.55. The van der Waals surface area contributed by atoms with Crippen molar-refractivity contribution >= 4 is 7.82 Å². The summed E-state index contributed by atoms with van der Waals surface area (Å²) < 4.78 is 8.55. The van der Waals surface area contributed by atoms with Crippen LogP contribution in [0.2, 0.25) is 0 Å². The first kappa shape index (κ1) is 17.1. The van der Waals surface area contributed by atoms with E-state index in [4.69, 9.17) is 19.2 Å². The molecule has 0 atom stereocenters. The van der Waals surface area contributed by atoms with Crippen molar-refractivity contribution in [3.05, 3.63) is 6.92 Å². The third-order valence-corrected chi connectivity index (χ3v) is 0.354. The predicted octanol–water partition coefficient (Wildman–Crippen LogP) is -1.21. The molecule has 0 aliphatic carbocycles. The van der Waals surface area contributed by atoms with Crippen LogP contribution in [0.1, 0.15) is 19.8 Å². The second-order valence-corrected chi connectivity index (χ2v) is 2.20. The third kappa shape index (κ3) is 162. The SMILES string of the molecule is O=P([O-])([O-])[O-].[CH2-]CCC.[Ti+4]. The zero-order valence-electron chi connectivity index (χ0n) is 5.70. The molecule has 0 heterocycles. The monoisotopic (exact) mass is 200 g/mol. The van der Waals surface area contributed by atoms with Crippen molar-refractivity contribution in [1.29, 1.82) is 0 Å². The molecule has 0 aliphatic heterocycles. The van der Waals surface area contributed by atoms with Gasteiger partial charge in [-0.1, -0.05) is 13.3 Å². The molecule has 58 valence electrons. The largest absolute Gasteiger partial charge is 4.00 e. The van der Waals surface area contributed by atoms with E-state index in [9.17, 15) is 0 Å². The molecule has 0 aliphatic rings. The topological polar surface area (TPSA) is 86.2 Å². The van der Waals surface area contributed by atoms with Crippen LogP contribution < -0.4 is 14.7 Å². The van der Waals surface area contributed by atoms with E-state index in [0.29, 0.717) is 0 Å². The molecular weight excluding hydrogens is 191 g/mol. The summed E-state index contributed by atoms with van der Waals surface area (Å²) in [4.78, 5) is 25.6. The Labute approximate surface area is 75.8 Å². The second kappa shape index (κ2) is 9.82. The van der Waals surface area contributed by atoms with Crippen LogP contribution in [0, 0.1) is 6.92 Å². The molecule has 0 fully saturated rings. The molecule has 0 aromatic heterocycles. The van der Waals surface area contributed by atoms with E-state index >= 15 is 0 Å². The molecule has 0 radical (unpaired) electrons. The summed E-state index contributed by atoms with van der Waals surface area (Å²) in [6, 6.07) is 0. The van der Waals surface area contributed by atoms with Gasteiger partial charge in [0.1, 0.15) is 0 Å². The molecule has 0 spiro atoms.